The van der Waals surface area contributed by atoms with Gasteiger partial charge in [0.05, 0.1) is 0 Å². The van der Waals surface area contributed by atoms with Crippen LogP contribution in [0.5, 0.6) is 0 Å². The van der Waals surface area contributed by atoms with Gasteiger partial charge in [0.15, 0.2) is 0 Å². The van der Waals surface area contributed by atoms with E-state index in [-0.39, 0.29) is 11.6 Å². The summed E-state index contributed by atoms with van der Waals surface area (Å²) < 4.78 is 27.8. The molecule has 0 aromatic heterocycles. The third-order valence-corrected chi connectivity index (χ3v) is 4.72. The highest BCUT2D eigenvalue weighted by atomic mass is 19.1. The normalized spacial score (nSPS) is 24.9. The van der Waals surface area contributed by atoms with Gasteiger partial charge in [-0.3, -0.25) is 4.90 Å². The van der Waals surface area contributed by atoms with E-state index in [0.29, 0.717) is 18.5 Å². The van der Waals surface area contributed by atoms with Gasteiger partial charge in [-0.2, -0.15) is 0 Å². The zero-order valence-corrected chi connectivity index (χ0v) is 12.3. The second-order valence-corrected chi connectivity index (χ2v) is 5.82. The first-order valence-electron chi connectivity index (χ1n) is 7.42. The maximum Gasteiger partial charge on any atom is 0.130 e. The lowest BCUT2D eigenvalue weighted by Gasteiger charge is -2.40. The Balaban J connectivity index is 2.21. The highest BCUT2D eigenvalue weighted by molar-refractivity contribution is 5.23. The molecule has 0 radical (unpaired) electrons. The van der Waals surface area contributed by atoms with Crippen LogP contribution in [0.2, 0.25) is 0 Å². The van der Waals surface area contributed by atoms with Gasteiger partial charge in [0.25, 0.3) is 0 Å². The average molecular weight is 282 g/mol. The Hall–Kier alpha value is -1.00. The molecule has 20 heavy (non-hydrogen) atoms. The summed E-state index contributed by atoms with van der Waals surface area (Å²) in [6.07, 6.45) is 4.53. The zero-order chi connectivity index (χ0) is 14.7. The van der Waals surface area contributed by atoms with Crippen LogP contribution >= 0.6 is 0 Å². The lowest BCUT2D eigenvalue weighted by Crippen LogP contribution is -2.44. The van der Waals surface area contributed by atoms with Crippen LogP contribution in [0.15, 0.2) is 18.2 Å². The molecule has 1 saturated carbocycles. The number of rotatable bonds is 4. The molecular weight excluding hydrogens is 258 g/mol. The third-order valence-electron chi connectivity index (χ3n) is 4.72. The van der Waals surface area contributed by atoms with Crippen LogP contribution in [-0.2, 0) is 0 Å². The highest BCUT2D eigenvalue weighted by Gasteiger charge is 2.31. The van der Waals surface area contributed by atoms with Crippen molar-refractivity contribution in [2.75, 3.05) is 13.6 Å². The average Bonchev–Trinajstić information content (AvgIpc) is 2.46. The summed E-state index contributed by atoms with van der Waals surface area (Å²) in [6.45, 7) is 2.51. The van der Waals surface area contributed by atoms with Gasteiger partial charge in [0, 0.05) is 17.6 Å². The number of halogens is 2. The van der Waals surface area contributed by atoms with Gasteiger partial charge >= 0.3 is 0 Å². The smallest absolute Gasteiger partial charge is 0.130 e. The van der Waals surface area contributed by atoms with E-state index >= 15 is 0 Å². The Labute approximate surface area is 120 Å². The van der Waals surface area contributed by atoms with Crippen molar-refractivity contribution in [3.05, 3.63) is 35.4 Å². The summed E-state index contributed by atoms with van der Waals surface area (Å²) >= 11 is 0. The van der Waals surface area contributed by atoms with Gasteiger partial charge in [-0.25, -0.2) is 8.78 Å². The monoisotopic (exact) mass is 282 g/mol. The molecule has 2 nitrogen and oxygen atoms in total. The van der Waals surface area contributed by atoms with Gasteiger partial charge < -0.3 is 5.73 Å². The Morgan fingerprint density at radius 3 is 2.45 bits per heavy atom. The quantitative estimate of drug-likeness (QED) is 0.916. The molecule has 3 unspecified atom stereocenters. The van der Waals surface area contributed by atoms with Gasteiger partial charge in [0.1, 0.15) is 11.6 Å². The molecule has 0 heterocycles. The van der Waals surface area contributed by atoms with Crippen LogP contribution in [-0.4, -0.2) is 24.5 Å². The third kappa shape index (κ3) is 3.01. The lowest BCUT2D eigenvalue weighted by molar-refractivity contribution is 0.0957. The van der Waals surface area contributed by atoms with E-state index < -0.39 is 11.6 Å². The molecule has 112 valence electrons. The Bertz CT molecular complexity index is 430. The van der Waals surface area contributed by atoms with Crippen LogP contribution in [0.4, 0.5) is 8.78 Å². The number of nitrogens with zero attached hydrogens (tertiary/aromatic N) is 1. The van der Waals surface area contributed by atoms with Crippen molar-refractivity contribution in [3.63, 3.8) is 0 Å². The summed E-state index contributed by atoms with van der Waals surface area (Å²) in [5.74, 6) is -0.514. The Morgan fingerprint density at radius 1 is 1.25 bits per heavy atom. The Morgan fingerprint density at radius 2 is 1.85 bits per heavy atom. The Kier molecular flexibility index (Phi) is 5.11. The molecule has 0 saturated heterocycles. The minimum atomic E-state index is -0.468. The zero-order valence-electron chi connectivity index (χ0n) is 12.3. The van der Waals surface area contributed by atoms with Crippen molar-refractivity contribution < 1.29 is 8.78 Å². The van der Waals surface area contributed by atoms with E-state index in [2.05, 4.69) is 4.90 Å². The summed E-state index contributed by atoms with van der Waals surface area (Å²) in [6, 6.07) is 4.08. The summed E-state index contributed by atoms with van der Waals surface area (Å²) in [5.41, 5.74) is 6.02. The topological polar surface area (TPSA) is 29.3 Å². The van der Waals surface area contributed by atoms with E-state index in [1.807, 2.05) is 14.0 Å². The van der Waals surface area contributed by atoms with Crippen LogP contribution in [0.25, 0.3) is 0 Å². The van der Waals surface area contributed by atoms with E-state index in [0.717, 1.165) is 19.3 Å². The van der Waals surface area contributed by atoms with Crippen molar-refractivity contribution in [2.45, 2.75) is 44.7 Å². The van der Waals surface area contributed by atoms with Gasteiger partial charge in [0.2, 0.25) is 0 Å². The molecule has 0 amide bonds. The second kappa shape index (κ2) is 6.64. The predicted octanol–water partition coefficient (Wildman–Crippen LogP) is 3.48. The first-order chi connectivity index (χ1) is 9.56. The SMILES string of the molecule is CC(c1c(F)cccc1F)N(C)C1CCCCC1CN. The number of nitrogens with two attached hydrogens (primary N) is 1. The van der Waals surface area contributed by atoms with Crippen molar-refractivity contribution in [1.82, 2.24) is 4.90 Å². The molecule has 0 spiro atoms. The summed E-state index contributed by atoms with van der Waals surface area (Å²) in [7, 11) is 1.95. The van der Waals surface area contributed by atoms with Crippen LogP contribution < -0.4 is 5.73 Å². The molecule has 2 rings (SSSR count). The van der Waals surface area contributed by atoms with Crippen LogP contribution in [0.3, 0.4) is 0 Å². The van der Waals surface area contributed by atoms with Crippen LogP contribution in [0, 0.1) is 17.6 Å². The molecule has 1 aliphatic carbocycles. The van der Waals surface area contributed by atoms with Gasteiger partial charge in [-0.15, -0.1) is 0 Å². The van der Waals surface area contributed by atoms with Gasteiger partial charge in [-0.1, -0.05) is 18.9 Å². The van der Waals surface area contributed by atoms with E-state index in [1.54, 1.807) is 0 Å². The highest BCUT2D eigenvalue weighted by Crippen LogP contribution is 2.33. The molecule has 4 heteroatoms. The largest absolute Gasteiger partial charge is 0.330 e. The second-order valence-electron chi connectivity index (χ2n) is 5.82. The van der Waals surface area contributed by atoms with Crippen molar-refractivity contribution >= 4 is 0 Å². The fraction of sp³-hybridized carbons (Fsp3) is 0.625. The van der Waals surface area contributed by atoms with Gasteiger partial charge in [-0.05, 0) is 51.4 Å². The fourth-order valence-corrected chi connectivity index (χ4v) is 3.40. The number of hydrogen-bond donors (Lipinski definition) is 1. The van der Waals surface area contributed by atoms with E-state index in [9.17, 15) is 8.78 Å². The molecular formula is C16H24F2N2. The molecule has 1 fully saturated rings. The number of hydrogen-bond acceptors (Lipinski definition) is 2. The van der Waals surface area contributed by atoms with Crippen molar-refractivity contribution in [1.29, 1.82) is 0 Å². The minimum Gasteiger partial charge on any atom is -0.330 e. The minimum absolute atomic E-state index is 0.163. The molecule has 2 N–H and O–H groups in total. The van der Waals surface area contributed by atoms with Crippen LogP contribution in [0.1, 0.15) is 44.2 Å². The molecule has 0 aliphatic heterocycles. The molecule has 1 aliphatic rings. The maximum atomic E-state index is 13.9. The summed E-state index contributed by atoms with van der Waals surface area (Å²) in [5, 5.41) is 0. The molecule has 0 bridgehead atoms. The van der Waals surface area contributed by atoms with E-state index in [4.69, 9.17) is 5.73 Å². The van der Waals surface area contributed by atoms with Crippen molar-refractivity contribution in [2.24, 2.45) is 11.7 Å². The molecule has 1 aromatic rings. The van der Waals surface area contributed by atoms with E-state index in [1.165, 1.54) is 24.6 Å². The molecule has 3 atom stereocenters. The lowest BCUT2D eigenvalue weighted by atomic mass is 9.83. The standard InChI is InChI=1S/C16H24F2N2/c1-11(16-13(17)7-5-8-14(16)18)20(2)15-9-4-3-6-12(15)10-19/h5,7-8,11-12,15H,3-4,6,9-10,19H2,1-2H3. The summed E-state index contributed by atoms with van der Waals surface area (Å²) in [4.78, 5) is 2.10. The predicted molar refractivity (Wildman–Crippen MR) is 77.3 cm³/mol. The maximum absolute atomic E-state index is 13.9. The first kappa shape index (κ1) is 15.4. The molecule has 1 aromatic carbocycles. The first-order valence-corrected chi connectivity index (χ1v) is 7.42. The van der Waals surface area contributed by atoms with Crippen molar-refractivity contribution in [3.8, 4) is 0 Å². The fourth-order valence-electron chi connectivity index (χ4n) is 3.40. The number of benzene rings is 1.